The van der Waals surface area contributed by atoms with Crippen molar-refractivity contribution in [2.45, 2.75) is 23.2 Å². The van der Waals surface area contributed by atoms with Gasteiger partial charge in [0, 0.05) is 18.0 Å². The predicted octanol–water partition coefficient (Wildman–Crippen LogP) is 2.60. The maximum absolute atomic E-state index is 12.4. The highest BCUT2D eigenvalue weighted by Gasteiger charge is 2.25. The number of carbonyl (C=O) groups excluding carboxylic acids is 1. The number of para-hydroxylation sites is 1. The van der Waals surface area contributed by atoms with Crippen LogP contribution in [0.3, 0.4) is 0 Å². The molecule has 0 saturated carbocycles. The van der Waals surface area contributed by atoms with Crippen LogP contribution in [0, 0.1) is 0 Å². The van der Waals surface area contributed by atoms with Gasteiger partial charge in [-0.25, -0.2) is 4.79 Å². The lowest BCUT2D eigenvalue weighted by Gasteiger charge is -2.17. The summed E-state index contributed by atoms with van der Waals surface area (Å²) in [5.74, 6) is -2.54. The van der Waals surface area contributed by atoms with Crippen molar-refractivity contribution in [3.8, 4) is 0 Å². The number of β-amino-alcohol motifs (C(OH)–C–C–N with tert-alkyl or cyclic N) is 1. The standard InChI is InChI=1S/C12H14F2N2O2S/c13-11(14)19-10-4-2-1-3-9(10)15-12(18)16-6-5-8(17)7-16/h1-4,8,11,17H,5-7H2,(H,15,18)/t8-/m1/s1. The molecule has 1 aromatic carbocycles. The molecule has 2 N–H and O–H groups in total. The first-order valence-corrected chi connectivity index (χ1v) is 6.72. The molecule has 0 unspecified atom stereocenters. The van der Waals surface area contributed by atoms with Crippen molar-refractivity contribution in [3.05, 3.63) is 24.3 Å². The van der Waals surface area contributed by atoms with Crippen molar-refractivity contribution in [1.29, 1.82) is 0 Å². The van der Waals surface area contributed by atoms with Crippen LogP contribution in [0.4, 0.5) is 19.3 Å². The molecular weight excluding hydrogens is 274 g/mol. The van der Waals surface area contributed by atoms with Gasteiger partial charge in [0.25, 0.3) is 5.76 Å². The molecule has 2 amide bonds. The fourth-order valence-corrected chi connectivity index (χ4v) is 2.48. The Hall–Kier alpha value is -1.34. The Morgan fingerprint density at radius 1 is 1.47 bits per heavy atom. The molecule has 0 bridgehead atoms. The number of nitrogens with one attached hydrogen (secondary N) is 1. The lowest BCUT2D eigenvalue weighted by Crippen LogP contribution is -2.33. The number of hydrogen-bond acceptors (Lipinski definition) is 3. The third-order valence-corrected chi connectivity index (χ3v) is 3.58. The number of amides is 2. The van der Waals surface area contributed by atoms with E-state index in [1.54, 1.807) is 18.2 Å². The van der Waals surface area contributed by atoms with Crippen LogP contribution in [-0.4, -0.2) is 41.0 Å². The largest absolute Gasteiger partial charge is 0.391 e. The van der Waals surface area contributed by atoms with Crippen LogP contribution in [0.1, 0.15) is 6.42 Å². The van der Waals surface area contributed by atoms with Gasteiger partial charge in [-0.3, -0.25) is 0 Å². The summed E-state index contributed by atoms with van der Waals surface area (Å²) < 4.78 is 24.8. The first-order valence-electron chi connectivity index (χ1n) is 5.84. The van der Waals surface area contributed by atoms with E-state index in [1.807, 2.05) is 0 Å². The Bertz CT molecular complexity index is 459. The van der Waals surface area contributed by atoms with Gasteiger partial charge in [-0.15, -0.1) is 0 Å². The first-order chi connectivity index (χ1) is 9.06. The van der Waals surface area contributed by atoms with Crippen LogP contribution >= 0.6 is 11.8 Å². The summed E-state index contributed by atoms with van der Waals surface area (Å²) in [4.78, 5) is 13.7. The average Bonchev–Trinajstić information content (AvgIpc) is 2.78. The molecular formula is C12H14F2N2O2S. The smallest absolute Gasteiger partial charge is 0.321 e. The minimum absolute atomic E-state index is 0.274. The van der Waals surface area contributed by atoms with Crippen LogP contribution in [0.5, 0.6) is 0 Å². The second kappa shape index (κ2) is 6.21. The van der Waals surface area contributed by atoms with E-state index in [2.05, 4.69) is 5.32 Å². The van der Waals surface area contributed by atoms with Crippen LogP contribution in [0.25, 0.3) is 0 Å². The van der Waals surface area contributed by atoms with Crippen molar-refractivity contribution in [2.75, 3.05) is 18.4 Å². The van der Waals surface area contributed by atoms with Gasteiger partial charge in [0.05, 0.1) is 11.8 Å². The van der Waals surface area contributed by atoms with Gasteiger partial charge in [-0.05, 0) is 18.6 Å². The van der Waals surface area contributed by atoms with Crippen molar-refractivity contribution in [2.24, 2.45) is 0 Å². The van der Waals surface area contributed by atoms with Crippen molar-refractivity contribution >= 4 is 23.5 Å². The first kappa shape index (κ1) is 14.1. The molecule has 0 radical (unpaired) electrons. The van der Waals surface area contributed by atoms with Gasteiger partial charge in [0.1, 0.15) is 0 Å². The molecule has 0 aliphatic carbocycles. The topological polar surface area (TPSA) is 52.6 Å². The molecule has 4 nitrogen and oxygen atoms in total. The molecule has 1 aromatic rings. The number of aliphatic hydroxyl groups excluding tert-OH is 1. The van der Waals surface area contributed by atoms with E-state index < -0.39 is 11.9 Å². The number of alkyl halides is 2. The fraction of sp³-hybridized carbons (Fsp3) is 0.417. The number of hydrogen-bond donors (Lipinski definition) is 2. The van der Waals surface area contributed by atoms with Crippen LogP contribution < -0.4 is 5.32 Å². The number of aliphatic hydroxyl groups is 1. The van der Waals surface area contributed by atoms with E-state index in [0.717, 1.165) is 0 Å². The number of likely N-dealkylation sites (tertiary alicyclic amines) is 1. The van der Waals surface area contributed by atoms with Gasteiger partial charge in [-0.1, -0.05) is 23.9 Å². The third-order valence-electron chi connectivity index (χ3n) is 2.80. The average molecular weight is 288 g/mol. The highest BCUT2D eigenvalue weighted by molar-refractivity contribution is 7.99. The van der Waals surface area contributed by atoms with Crippen LogP contribution in [0.15, 0.2) is 29.2 Å². The molecule has 7 heteroatoms. The van der Waals surface area contributed by atoms with E-state index in [0.29, 0.717) is 35.3 Å². The zero-order chi connectivity index (χ0) is 13.8. The van der Waals surface area contributed by atoms with E-state index in [-0.39, 0.29) is 12.6 Å². The number of benzene rings is 1. The molecule has 2 rings (SSSR count). The molecule has 1 aliphatic rings. The van der Waals surface area contributed by atoms with Gasteiger partial charge < -0.3 is 15.3 Å². The van der Waals surface area contributed by atoms with Gasteiger partial charge >= 0.3 is 6.03 Å². The van der Waals surface area contributed by atoms with E-state index in [9.17, 15) is 18.7 Å². The van der Waals surface area contributed by atoms with E-state index >= 15 is 0 Å². The molecule has 19 heavy (non-hydrogen) atoms. The zero-order valence-corrected chi connectivity index (χ0v) is 10.9. The highest BCUT2D eigenvalue weighted by atomic mass is 32.2. The molecule has 104 valence electrons. The summed E-state index contributed by atoms with van der Waals surface area (Å²) in [5, 5.41) is 12.0. The van der Waals surface area contributed by atoms with E-state index in [4.69, 9.17) is 0 Å². The Morgan fingerprint density at radius 2 is 2.21 bits per heavy atom. The number of rotatable bonds is 3. The van der Waals surface area contributed by atoms with Gasteiger partial charge in [0.15, 0.2) is 0 Å². The summed E-state index contributed by atoms with van der Waals surface area (Å²) >= 11 is 0.394. The molecule has 0 spiro atoms. The second-order valence-corrected chi connectivity index (χ2v) is 5.23. The maximum atomic E-state index is 12.4. The van der Waals surface area contributed by atoms with E-state index in [1.165, 1.54) is 11.0 Å². The maximum Gasteiger partial charge on any atom is 0.321 e. The monoisotopic (exact) mass is 288 g/mol. The molecule has 1 saturated heterocycles. The number of nitrogens with zero attached hydrogens (tertiary/aromatic N) is 1. The minimum atomic E-state index is -2.54. The quantitative estimate of drug-likeness (QED) is 0.841. The van der Waals surface area contributed by atoms with Crippen molar-refractivity contribution < 1.29 is 18.7 Å². The Morgan fingerprint density at radius 3 is 2.84 bits per heavy atom. The molecule has 1 aliphatic heterocycles. The third kappa shape index (κ3) is 3.81. The second-order valence-electron chi connectivity index (χ2n) is 4.19. The molecule has 1 heterocycles. The van der Waals surface area contributed by atoms with Gasteiger partial charge in [0.2, 0.25) is 0 Å². The number of carbonyl (C=O) groups is 1. The number of anilines is 1. The molecule has 0 aromatic heterocycles. The zero-order valence-electron chi connectivity index (χ0n) is 10.1. The number of halogens is 2. The summed E-state index contributed by atoms with van der Waals surface area (Å²) in [6.07, 6.45) is 0.0392. The van der Waals surface area contributed by atoms with Crippen molar-refractivity contribution in [3.63, 3.8) is 0 Å². The highest BCUT2D eigenvalue weighted by Crippen LogP contribution is 2.31. The lowest BCUT2D eigenvalue weighted by molar-refractivity contribution is 0.176. The van der Waals surface area contributed by atoms with Gasteiger partial charge in [-0.2, -0.15) is 8.78 Å². The van der Waals surface area contributed by atoms with Crippen molar-refractivity contribution in [1.82, 2.24) is 4.90 Å². The summed E-state index contributed by atoms with van der Waals surface area (Å²) in [6, 6.07) is 6.04. The fourth-order valence-electron chi connectivity index (χ4n) is 1.89. The Balaban J connectivity index is 2.04. The Labute approximate surface area is 113 Å². The number of urea groups is 1. The Kier molecular flexibility index (Phi) is 4.60. The lowest BCUT2D eigenvalue weighted by atomic mass is 10.3. The minimum Gasteiger partial charge on any atom is -0.391 e. The molecule has 1 fully saturated rings. The molecule has 1 atom stereocenters. The predicted molar refractivity (Wildman–Crippen MR) is 69.5 cm³/mol. The van der Waals surface area contributed by atoms with Crippen LogP contribution in [-0.2, 0) is 0 Å². The normalized spacial score (nSPS) is 18.9. The summed E-state index contributed by atoms with van der Waals surface area (Å²) in [7, 11) is 0. The summed E-state index contributed by atoms with van der Waals surface area (Å²) in [5.41, 5.74) is 0.360. The summed E-state index contributed by atoms with van der Waals surface area (Å²) in [6.45, 7) is 0.743. The SMILES string of the molecule is O=C(Nc1ccccc1SC(F)F)N1CC[C@@H](O)C1. The van der Waals surface area contributed by atoms with Crippen LogP contribution in [0.2, 0.25) is 0 Å². The number of thioether (sulfide) groups is 1.